The molecule has 10 heteroatoms. The lowest BCUT2D eigenvalue weighted by molar-refractivity contribution is -0.157. The van der Waals surface area contributed by atoms with Gasteiger partial charge < -0.3 is 24.8 Å². The molecule has 0 saturated carbocycles. The molecule has 3 aliphatic rings. The summed E-state index contributed by atoms with van der Waals surface area (Å²) < 4.78 is 5.90. The Morgan fingerprint density at radius 2 is 1.73 bits per heavy atom. The number of ether oxygens (including phenoxy) is 1. The van der Waals surface area contributed by atoms with Gasteiger partial charge in [-0.15, -0.1) is 0 Å². The van der Waals surface area contributed by atoms with E-state index in [1.54, 1.807) is 21.9 Å². The van der Waals surface area contributed by atoms with Gasteiger partial charge in [-0.2, -0.15) is 5.01 Å². The average molecular weight is 555 g/mol. The molecule has 2 saturated heterocycles. The number of anilines is 1. The van der Waals surface area contributed by atoms with Crippen molar-refractivity contribution in [2.24, 2.45) is 0 Å². The highest BCUT2D eigenvalue weighted by molar-refractivity contribution is 5.92. The molecule has 41 heavy (non-hydrogen) atoms. The molecule has 1 N–H and O–H groups in total. The zero-order valence-electron chi connectivity index (χ0n) is 23.3. The molecule has 0 bridgehead atoms. The van der Waals surface area contributed by atoms with E-state index in [-0.39, 0.29) is 30.9 Å². The third-order valence-corrected chi connectivity index (χ3v) is 8.03. The van der Waals surface area contributed by atoms with Crippen LogP contribution in [0.5, 0.6) is 5.75 Å². The van der Waals surface area contributed by atoms with Gasteiger partial charge in [-0.3, -0.25) is 14.6 Å². The van der Waals surface area contributed by atoms with Crippen molar-refractivity contribution in [1.82, 2.24) is 25.1 Å². The van der Waals surface area contributed by atoms with E-state index in [1.807, 2.05) is 85.9 Å². The summed E-state index contributed by atoms with van der Waals surface area (Å²) in [6.45, 7) is 2.43. The molecule has 0 spiro atoms. The molecule has 0 aromatic heterocycles. The molecule has 0 radical (unpaired) electrons. The third kappa shape index (κ3) is 5.18. The topological polar surface area (TPSA) is 88.7 Å². The predicted octanol–water partition coefficient (Wildman–Crippen LogP) is 2.83. The minimum absolute atomic E-state index is 0.00337. The molecular formula is C31H34N6O4. The van der Waals surface area contributed by atoms with Gasteiger partial charge in [0.25, 0.3) is 5.91 Å². The fourth-order valence-corrected chi connectivity index (χ4v) is 5.83. The number of piperazine rings is 1. The van der Waals surface area contributed by atoms with E-state index in [0.717, 1.165) is 34.7 Å². The molecule has 6 rings (SSSR count). The van der Waals surface area contributed by atoms with E-state index in [1.165, 1.54) is 5.01 Å². The summed E-state index contributed by atoms with van der Waals surface area (Å²) >= 11 is 0. The number of amides is 4. The van der Waals surface area contributed by atoms with Gasteiger partial charge >= 0.3 is 6.03 Å². The molecule has 2 fully saturated rings. The van der Waals surface area contributed by atoms with Crippen molar-refractivity contribution in [2.45, 2.75) is 25.3 Å². The first-order chi connectivity index (χ1) is 19.9. The Hall–Kier alpha value is -4.57. The van der Waals surface area contributed by atoms with Gasteiger partial charge in [0, 0.05) is 27.2 Å². The van der Waals surface area contributed by atoms with Crippen molar-refractivity contribution < 1.29 is 19.1 Å². The van der Waals surface area contributed by atoms with Crippen LogP contribution in [-0.2, 0) is 22.7 Å². The van der Waals surface area contributed by atoms with Gasteiger partial charge in [-0.25, -0.2) is 4.79 Å². The summed E-state index contributed by atoms with van der Waals surface area (Å²) in [5, 5.41) is 6.15. The summed E-state index contributed by atoms with van der Waals surface area (Å²) in [6.07, 6.45) is -0.502. The highest BCUT2D eigenvalue weighted by atomic mass is 16.5. The first kappa shape index (κ1) is 26.6. The van der Waals surface area contributed by atoms with Crippen LogP contribution in [0.25, 0.3) is 0 Å². The van der Waals surface area contributed by atoms with Gasteiger partial charge in [0.15, 0.2) is 0 Å². The third-order valence-electron chi connectivity index (χ3n) is 8.03. The van der Waals surface area contributed by atoms with Gasteiger partial charge in [-0.05, 0) is 28.8 Å². The molecule has 10 nitrogen and oxygen atoms in total. The smallest absolute Gasteiger partial charge is 0.332 e. The highest BCUT2D eigenvalue weighted by Crippen LogP contribution is 2.37. The number of benzene rings is 3. The SMILES string of the molecule is CN1CCOc2cc(CN3C[C@H]4N(C(=O)CN4N(C)C(=O)NCc4ccccc4)[C@@H](c4ccccc4)C3=O)ccc21. The number of hydrogen-bond donors (Lipinski definition) is 1. The monoisotopic (exact) mass is 554 g/mol. The lowest BCUT2D eigenvalue weighted by Gasteiger charge is -2.45. The number of carbonyl (C=O) groups excluding carboxylic acids is 3. The number of likely N-dealkylation sites (N-methyl/N-ethyl adjacent to an activating group) is 1. The van der Waals surface area contributed by atoms with Gasteiger partial charge in [0.1, 0.15) is 24.6 Å². The van der Waals surface area contributed by atoms with Crippen LogP contribution in [0.2, 0.25) is 0 Å². The molecule has 212 valence electrons. The summed E-state index contributed by atoms with van der Waals surface area (Å²) in [6, 6.07) is 24.0. The lowest BCUT2D eigenvalue weighted by atomic mass is 10.00. The maximum atomic E-state index is 14.0. The molecule has 4 amide bonds. The standard InChI is InChI=1S/C31H34N6O4/c1-33-15-16-41-26-17-23(13-14-25(26)33)19-35-20-27-36(34(2)31(40)32-18-22-9-5-3-6-10-22)21-28(38)37(27)29(30(35)39)24-11-7-4-8-12-24/h3-14,17,27,29H,15-16,18-21H2,1-2H3,(H,32,40)/t27-,29+/m1/s1. The predicted molar refractivity (Wildman–Crippen MR) is 154 cm³/mol. The van der Waals surface area contributed by atoms with Crippen LogP contribution in [0.3, 0.4) is 0 Å². The molecule has 0 aliphatic carbocycles. The summed E-state index contributed by atoms with van der Waals surface area (Å²) in [5.41, 5.74) is 3.69. The molecule has 3 aromatic carbocycles. The molecule has 0 unspecified atom stereocenters. The van der Waals surface area contributed by atoms with Crippen molar-refractivity contribution in [3.8, 4) is 5.75 Å². The number of hydrogen-bond acceptors (Lipinski definition) is 6. The number of nitrogens with zero attached hydrogens (tertiary/aromatic N) is 5. The second-order valence-corrected chi connectivity index (χ2v) is 10.7. The van der Waals surface area contributed by atoms with Crippen LogP contribution >= 0.6 is 0 Å². The van der Waals surface area contributed by atoms with Crippen molar-refractivity contribution >= 4 is 23.5 Å². The van der Waals surface area contributed by atoms with Gasteiger partial charge in [0.05, 0.1) is 25.3 Å². The van der Waals surface area contributed by atoms with E-state index in [4.69, 9.17) is 4.74 Å². The van der Waals surface area contributed by atoms with Crippen LogP contribution < -0.4 is 15.0 Å². The number of carbonyl (C=O) groups is 3. The summed E-state index contributed by atoms with van der Waals surface area (Å²) in [5.74, 6) is 0.466. The van der Waals surface area contributed by atoms with Crippen LogP contribution in [0.1, 0.15) is 22.7 Å². The minimum atomic E-state index is -0.784. The van der Waals surface area contributed by atoms with Crippen molar-refractivity contribution in [1.29, 1.82) is 0 Å². The largest absolute Gasteiger partial charge is 0.490 e. The van der Waals surface area contributed by atoms with Crippen molar-refractivity contribution in [3.05, 3.63) is 95.6 Å². The van der Waals surface area contributed by atoms with Crippen molar-refractivity contribution in [3.63, 3.8) is 0 Å². The maximum absolute atomic E-state index is 14.0. The van der Waals surface area contributed by atoms with Gasteiger partial charge in [0.2, 0.25) is 5.91 Å². The molecule has 3 aromatic rings. The number of nitrogens with one attached hydrogen (secondary N) is 1. The van der Waals surface area contributed by atoms with E-state index in [2.05, 4.69) is 10.2 Å². The Morgan fingerprint density at radius 3 is 2.49 bits per heavy atom. The first-order valence-corrected chi connectivity index (χ1v) is 13.8. The molecule has 3 heterocycles. The van der Waals surface area contributed by atoms with E-state index < -0.39 is 12.2 Å². The first-order valence-electron chi connectivity index (χ1n) is 13.8. The summed E-state index contributed by atoms with van der Waals surface area (Å²) in [4.78, 5) is 46.2. The highest BCUT2D eigenvalue weighted by Gasteiger charge is 2.52. The Morgan fingerprint density at radius 1 is 1.00 bits per heavy atom. The number of fused-ring (bicyclic) bond motifs is 2. The van der Waals surface area contributed by atoms with Crippen molar-refractivity contribution in [2.75, 3.05) is 45.2 Å². The second-order valence-electron chi connectivity index (χ2n) is 10.7. The summed E-state index contributed by atoms with van der Waals surface area (Å²) in [7, 11) is 3.69. The van der Waals surface area contributed by atoms with Crippen LogP contribution in [0.4, 0.5) is 10.5 Å². The lowest BCUT2D eigenvalue weighted by Crippen LogP contribution is -2.62. The number of hydrazine groups is 1. The fourth-order valence-electron chi connectivity index (χ4n) is 5.83. The Kier molecular flexibility index (Phi) is 7.23. The maximum Gasteiger partial charge on any atom is 0.332 e. The van der Waals surface area contributed by atoms with Crippen LogP contribution in [0, 0.1) is 0 Å². The fraction of sp³-hybridized carbons (Fsp3) is 0.323. The van der Waals surface area contributed by atoms with Crippen LogP contribution in [0.15, 0.2) is 78.9 Å². The molecule has 3 aliphatic heterocycles. The quantitative estimate of drug-likeness (QED) is 0.504. The normalized spacial score (nSPS) is 20.4. The Labute approximate surface area is 239 Å². The zero-order valence-corrected chi connectivity index (χ0v) is 23.3. The van der Waals surface area contributed by atoms with E-state index in [0.29, 0.717) is 19.7 Å². The second kappa shape index (κ2) is 11.1. The minimum Gasteiger partial charge on any atom is -0.490 e. The van der Waals surface area contributed by atoms with E-state index in [9.17, 15) is 14.4 Å². The van der Waals surface area contributed by atoms with E-state index >= 15 is 0 Å². The molecular weight excluding hydrogens is 520 g/mol. The number of urea groups is 1. The Balaban J connectivity index is 1.26. The molecule has 2 atom stereocenters. The average Bonchev–Trinajstić information content (AvgIpc) is 3.32. The van der Waals surface area contributed by atoms with Crippen LogP contribution in [-0.4, -0.2) is 84.2 Å². The number of rotatable bonds is 6. The zero-order chi connectivity index (χ0) is 28.5. The van der Waals surface area contributed by atoms with Gasteiger partial charge in [-0.1, -0.05) is 66.7 Å². The Bertz CT molecular complexity index is 1440.